The maximum Gasteiger partial charge on any atom is 0.260 e. The van der Waals surface area contributed by atoms with E-state index in [1.54, 1.807) is 25.1 Å². The Morgan fingerprint density at radius 2 is 2.04 bits per heavy atom. The number of hydrogen-bond acceptors (Lipinski definition) is 3. The van der Waals surface area contributed by atoms with Gasteiger partial charge in [0.2, 0.25) is 0 Å². The zero-order valence-corrected chi connectivity index (χ0v) is 14.6. The average molecular weight is 352 g/mol. The number of carbonyl (C=O) groups is 1. The summed E-state index contributed by atoms with van der Waals surface area (Å²) in [5.41, 5.74) is 2.59. The van der Waals surface area contributed by atoms with Gasteiger partial charge in [0.25, 0.3) is 5.91 Å². The lowest BCUT2D eigenvalue weighted by Crippen LogP contribution is -2.31. The highest BCUT2D eigenvalue weighted by atomic mass is 32.1. The Hall–Kier alpha value is -2.79. The molecular weight excluding hydrogens is 335 g/mol. The molecule has 0 aliphatic rings. The maximum absolute atomic E-state index is 13.8. The minimum Gasteiger partial charge on any atom is -0.280 e. The van der Waals surface area contributed by atoms with Gasteiger partial charge in [-0.25, -0.2) is 9.37 Å². The van der Waals surface area contributed by atoms with Gasteiger partial charge in [0.15, 0.2) is 5.13 Å². The highest BCUT2D eigenvalue weighted by Crippen LogP contribution is 2.28. The molecule has 0 unspecified atom stereocenters. The Kier molecular flexibility index (Phi) is 5.05. The van der Waals surface area contributed by atoms with Gasteiger partial charge in [-0.15, -0.1) is 17.9 Å². The molecular formula is C20H17FN2OS. The Bertz CT molecular complexity index is 905. The number of benzene rings is 2. The van der Waals surface area contributed by atoms with E-state index < -0.39 is 5.82 Å². The highest BCUT2D eigenvalue weighted by Gasteiger charge is 2.20. The third-order valence-corrected chi connectivity index (χ3v) is 4.63. The first-order valence-corrected chi connectivity index (χ1v) is 8.68. The number of aromatic nitrogens is 1. The highest BCUT2D eigenvalue weighted by molar-refractivity contribution is 7.14. The fourth-order valence-electron chi connectivity index (χ4n) is 2.39. The van der Waals surface area contributed by atoms with Crippen LogP contribution in [0, 0.1) is 12.7 Å². The summed E-state index contributed by atoms with van der Waals surface area (Å²) in [6.07, 6.45) is 1.63. The third-order valence-electron chi connectivity index (χ3n) is 3.77. The molecule has 0 aliphatic heterocycles. The molecule has 1 amide bonds. The Labute approximate surface area is 150 Å². The molecule has 0 bridgehead atoms. The number of aryl methyl sites for hydroxylation is 1. The van der Waals surface area contributed by atoms with Crippen LogP contribution in [0.2, 0.25) is 0 Å². The summed E-state index contributed by atoms with van der Waals surface area (Å²) in [7, 11) is 0. The van der Waals surface area contributed by atoms with E-state index in [0.29, 0.717) is 22.8 Å². The second-order valence-electron chi connectivity index (χ2n) is 5.55. The van der Waals surface area contributed by atoms with Crippen LogP contribution in [0.1, 0.15) is 15.9 Å². The predicted molar refractivity (Wildman–Crippen MR) is 101 cm³/mol. The molecule has 3 nitrogen and oxygen atoms in total. The van der Waals surface area contributed by atoms with Crippen LogP contribution in [-0.4, -0.2) is 17.4 Å². The Morgan fingerprint density at radius 1 is 1.28 bits per heavy atom. The van der Waals surface area contributed by atoms with E-state index in [1.165, 1.54) is 22.3 Å². The summed E-state index contributed by atoms with van der Waals surface area (Å²) in [5.74, 6) is -0.693. The van der Waals surface area contributed by atoms with Gasteiger partial charge in [-0.2, -0.15) is 0 Å². The molecule has 0 N–H and O–H groups in total. The zero-order valence-electron chi connectivity index (χ0n) is 13.8. The summed E-state index contributed by atoms with van der Waals surface area (Å²) < 4.78 is 13.8. The predicted octanol–water partition coefficient (Wildman–Crippen LogP) is 5.09. The Balaban J connectivity index is 1.93. The van der Waals surface area contributed by atoms with Gasteiger partial charge in [-0.3, -0.25) is 9.69 Å². The summed E-state index contributed by atoms with van der Waals surface area (Å²) in [4.78, 5) is 18.9. The molecule has 25 heavy (non-hydrogen) atoms. The van der Waals surface area contributed by atoms with Gasteiger partial charge in [-0.1, -0.05) is 42.5 Å². The molecule has 0 saturated heterocycles. The van der Waals surface area contributed by atoms with Gasteiger partial charge < -0.3 is 0 Å². The van der Waals surface area contributed by atoms with Crippen molar-refractivity contribution < 1.29 is 9.18 Å². The van der Waals surface area contributed by atoms with Crippen molar-refractivity contribution in [3.8, 4) is 11.3 Å². The largest absolute Gasteiger partial charge is 0.280 e. The summed E-state index contributed by atoms with van der Waals surface area (Å²) in [5, 5.41) is 2.47. The van der Waals surface area contributed by atoms with Crippen LogP contribution in [-0.2, 0) is 0 Å². The molecule has 126 valence electrons. The average Bonchev–Trinajstić information content (AvgIpc) is 3.12. The number of nitrogens with zero attached hydrogens (tertiary/aromatic N) is 2. The molecule has 0 aliphatic carbocycles. The quantitative estimate of drug-likeness (QED) is 0.599. The van der Waals surface area contributed by atoms with E-state index in [0.717, 1.165) is 11.3 Å². The number of amides is 1. The van der Waals surface area contributed by atoms with Crippen molar-refractivity contribution in [2.45, 2.75) is 6.92 Å². The van der Waals surface area contributed by atoms with E-state index in [2.05, 4.69) is 11.6 Å². The smallest absolute Gasteiger partial charge is 0.260 e. The summed E-state index contributed by atoms with van der Waals surface area (Å²) >= 11 is 1.38. The third kappa shape index (κ3) is 3.67. The topological polar surface area (TPSA) is 33.2 Å². The monoisotopic (exact) mass is 352 g/mol. The lowest BCUT2D eigenvalue weighted by atomic mass is 10.1. The molecule has 0 atom stereocenters. The molecule has 1 heterocycles. The van der Waals surface area contributed by atoms with Crippen LogP contribution in [0.5, 0.6) is 0 Å². The van der Waals surface area contributed by atoms with Crippen molar-refractivity contribution in [3.05, 3.63) is 83.5 Å². The van der Waals surface area contributed by atoms with Crippen molar-refractivity contribution in [1.82, 2.24) is 4.98 Å². The number of carbonyl (C=O) groups excluding carboxylic acids is 1. The molecule has 0 saturated carbocycles. The molecule has 2 aromatic carbocycles. The van der Waals surface area contributed by atoms with Crippen molar-refractivity contribution >= 4 is 22.4 Å². The summed E-state index contributed by atoms with van der Waals surface area (Å²) in [6, 6.07) is 14.2. The molecule has 3 rings (SSSR count). The van der Waals surface area contributed by atoms with Crippen molar-refractivity contribution in [2.24, 2.45) is 0 Å². The molecule has 5 heteroatoms. The Morgan fingerprint density at radius 3 is 2.72 bits per heavy atom. The van der Waals surface area contributed by atoms with Gasteiger partial charge in [0.05, 0.1) is 5.69 Å². The second-order valence-corrected chi connectivity index (χ2v) is 6.39. The zero-order chi connectivity index (χ0) is 17.8. The lowest BCUT2D eigenvalue weighted by Gasteiger charge is -2.18. The minimum atomic E-state index is -0.395. The first-order chi connectivity index (χ1) is 12.1. The van der Waals surface area contributed by atoms with Crippen molar-refractivity contribution in [2.75, 3.05) is 11.4 Å². The molecule has 1 aromatic heterocycles. The van der Waals surface area contributed by atoms with E-state index in [-0.39, 0.29) is 5.91 Å². The van der Waals surface area contributed by atoms with E-state index in [9.17, 15) is 9.18 Å². The minimum absolute atomic E-state index is 0.293. The maximum atomic E-state index is 13.8. The van der Waals surface area contributed by atoms with Crippen molar-refractivity contribution in [1.29, 1.82) is 0 Å². The van der Waals surface area contributed by atoms with Gasteiger partial charge >= 0.3 is 0 Å². The van der Waals surface area contributed by atoms with Crippen LogP contribution >= 0.6 is 11.3 Å². The molecule has 0 fully saturated rings. The number of halogens is 1. The van der Waals surface area contributed by atoms with Crippen LogP contribution in [0.3, 0.4) is 0 Å². The molecule has 0 radical (unpaired) electrons. The van der Waals surface area contributed by atoms with E-state index >= 15 is 0 Å². The standard InChI is InChI=1S/C20H17FN2OS/c1-3-11-23(19(24)16-10-9-14(2)17(21)12-16)20-22-18(13-25-20)15-7-5-4-6-8-15/h3-10,12-13H,1,11H2,2H3. The van der Waals surface area contributed by atoms with Crippen LogP contribution < -0.4 is 4.90 Å². The number of hydrogen-bond donors (Lipinski definition) is 0. The van der Waals surface area contributed by atoms with Crippen molar-refractivity contribution in [3.63, 3.8) is 0 Å². The molecule has 3 aromatic rings. The first kappa shape index (κ1) is 17.0. The van der Waals surface area contributed by atoms with Gasteiger partial charge in [-0.05, 0) is 24.6 Å². The number of thiazole rings is 1. The number of rotatable bonds is 5. The summed E-state index contributed by atoms with van der Waals surface area (Å²) in [6.45, 7) is 5.67. The van der Waals surface area contributed by atoms with Crippen LogP contribution in [0.4, 0.5) is 9.52 Å². The lowest BCUT2D eigenvalue weighted by molar-refractivity contribution is 0.0989. The molecule has 0 spiro atoms. The van der Waals surface area contributed by atoms with E-state index in [4.69, 9.17) is 0 Å². The number of anilines is 1. The fourth-order valence-corrected chi connectivity index (χ4v) is 3.23. The van der Waals surface area contributed by atoms with Gasteiger partial charge in [0.1, 0.15) is 5.82 Å². The first-order valence-electron chi connectivity index (χ1n) is 7.80. The van der Waals surface area contributed by atoms with E-state index in [1.807, 2.05) is 35.7 Å². The normalized spacial score (nSPS) is 10.5. The second kappa shape index (κ2) is 7.40. The SMILES string of the molecule is C=CCN(C(=O)c1ccc(C)c(F)c1)c1nc(-c2ccccc2)cs1. The fraction of sp³-hybridized carbons (Fsp3) is 0.100. The van der Waals surface area contributed by atoms with Crippen LogP contribution in [0.15, 0.2) is 66.6 Å². The van der Waals surface area contributed by atoms with Crippen LogP contribution in [0.25, 0.3) is 11.3 Å². The van der Waals surface area contributed by atoms with Gasteiger partial charge in [0, 0.05) is 23.1 Å².